The number of anilines is 1. The Hall–Kier alpha value is -1.84. The number of aromatic nitrogens is 3. The van der Waals surface area contributed by atoms with E-state index in [1.165, 1.54) is 24.1 Å². The van der Waals surface area contributed by atoms with Crippen LogP contribution in [-0.4, -0.2) is 14.8 Å². The molecule has 1 aliphatic rings. The first-order chi connectivity index (χ1) is 10.1. The molecule has 2 heterocycles. The van der Waals surface area contributed by atoms with Gasteiger partial charge in [0, 0.05) is 18.7 Å². The molecule has 3 rings (SSSR count). The van der Waals surface area contributed by atoms with E-state index in [1.54, 1.807) is 0 Å². The van der Waals surface area contributed by atoms with E-state index in [0.29, 0.717) is 0 Å². The van der Waals surface area contributed by atoms with E-state index < -0.39 is 0 Å². The average molecular weight is 284 g/mol. The standard InChI is InChI=1S/C17H24N4/c1-17(2,3)13-8-4-5-9-14(13)18-12-16-20-19-15-10-6-7-11-21(15)16/h4-5,8-9,18H,6-7,10-12H2,1-3H3. The van der Waals surface area contributed by atoms with Crippen LogP contribution in [0.25, 0.3) is 0 Å². The molecule has 0 bridgehead atoms. The number of nitrogens with zero attached hydrogens (tertiary/aromatic N) is 3. The molecule has 0 aliphatic carbocycles. The summed E-state index contributed by atoms with van der Waals surface area (Å²) in [5.41, 5.74) is 2.66. The Bertz CT molecular complexity index is 622. The first-order valence-corrected chi connectivity index (χ1v) is 7.80. The van der Waals surface area contributed by atoms with E-state index in [9.17, 15) is 0 Å². The molecule has 0 fully saturated rings. The van der Waals surface area contributed by atoms with Gasteiger partial charge in [-0.25, -0.2) is 0 Å². The van der Waals surface area contributed by atoms with Crippen LogP contribution in [0.5, 0.6) is 0 Å². The molecule has 0 saturated heterocycles. The van der Waals surface area contributed by atoms with E-state index >= 15 is 0 Å². The third kappa shape index (κ3) is 2.94. The molecule has 0 saturated carbocycles. The molecule has 4 heteroatoms. The van der Waals surface area contributed by atoms with Crippen LogP contribution in [0.4, 0.5) is 5.69 Å². The Morgan fingerprint density at radius 2 is 1.95 bits per heavy atom. The number of hydrogen-bond acceptors (Lipinski definition) is 3. The van der Waals surface area contributed by atoms with Crippen LogP contribution in [0, 0.1) is 0 Å². The van der Waals surface area contributed by atoms with E-state index in [0.717, 1.165) is 31.2 Å². The number of aryl methyl sites for hydroxylation is 1. The topological polar surface area (TPSA) is 42.7 Å². The molecule has 2 aromatic rings. The SMILES string of the molecule is CC(C)(C)c1ccccc1NCc1nnc2n1CCCC2. The Labute approximate surface area is 126 Å². The third-order valence-corrected chi connectivity index (χ3v) is 4.11. The zero-order valence-corrected chi connectivity index (χ0v) is 13.2. The molecule has 0 atom stereocenters. The lowest BCUT2D eigenvalue weighted by atomic mass is 9.86. The monoisotopic (exact) mass is 284 g/mol. The van der Waals surface area contributed by atoms with Crippen molar-refractivity contribution in [2.75, 3.05) is 5.32 Å². The highest BCUT2D eigenvalue weighted by molar-refractivity contribution is 5.54. The maximum Gasteiger partial charge on any atom is 0.152 e. The molecule has 1 aromatic heterocycles. The highest BCUT2D eigenvalue weighted by atomic mass is 15.3. The van der Waals surface area contributed by atoms with Crippen LogP contribution < -0.4 is 5.32 Å². The second-order valence-electron chi connectivity index (χ2n) is 6.79. The summed E-state index contributed by atoms with van der Waals surface area (Å²) in [4.78, 5) is 0. The summed E-state index contributed by atoms with van der Waals surface area (Å²) in [6, 6.07) is 8.53. The minimum atomic E-state index is 0.133. The first kappa shape index (κ1) is 14.1. The fourth-order valence-corrected chi connectivity index (χ4v) is 2.96. The van der Waals surface area contributed by atoms with Gasteiger partial charge < -0.3 is 9.88 Å². The second-order valence-corrected chi connectivity index (χ2v) is 6.79. The third-order valence-electron chi connectivity index (χ3n) is 4.11. The molecular formula is C17H24N4. The Kier molecular flexibility index (Phi) is 3.70. The van der Waals surface area contributed by atoms with Crippen LogP contribution in [0.15, 0.2) is 24.3 Å². The van der Waals surface area contributed by atoms with Gasteiger partial charge >= 0.3 is 0 Å². The quantitative estimate of drug-likeness (QED) is 0.937. The maximum absolute atomic E-state index is 4.36. The fourth-order valence-electron chi connectivity index (χ4n) is 2.96. The summed E-state index contributed by atoms with van der Waals surface area (Å²) < 4.78 is 2.27. The minimum Gasteiger partial charge on any atom is -0.377 e. The molecule has 0 radical (unpaired) electrons. The predicted molar refractivity (Wildman–Crippen MR) is 85.4 cm³/mol. The van der Waals surface area contributed by atoms with Crippen LogP contribution >= 0.6 is 0 Å². The van der Waals surface area contributed by atoms with Crippen LogP contribution in [0.2, 0.25) is 0 Å². The number of para-hydroxylation sites is 1. The predicted octanol–water partition coefficient (Wildman–Crippen LogP) is 3.52. The summed E-state index contributed by atoms with van der Waals surface area (Å²) in [7, 11) is 0. The van der Waals surface area contributed by atoms with Crippen LogP contribution in [-0.2, 0) is 24.9 Å². The van der Waals surface area contributed by atoms with Crippen molar-refractivity contribution >= 4 is 5.69 Å². The van der Waals surface area contributed by atoms with Gasteiger partial charge in [-0.15, -0.1) is 10.2 Å². The van der Waals surface area contributed by atoms with Crippen molar-refractivity contribution in [1.29, 1.82) is 0 Å². The van der Waals surface area contributed by atoms with Gasteiger partial charge in [0.05, 0.1) is 6.54 Å². The molecule has 0 spiro atoms. The number of rotatable bonds is 3. The lowest BCUT2D eigenvalue weighted by molar-refractivity contribution is 0.509. The molecule has 1 N–H and O–H groups in total. The number of hydrogen-bond donors (Lipinski definition) is 1. The first-order valence-electron chi connectivity index (χ1n) is 7.80. The Morgan fingerprint density at radius 3 is 2.76 bits per heavy atom. The zero-order valence-electron chi connectivity index (χ0n) is 13.2. The summed E-state index contributed by atoms with van der Waals surface area (Å²) in [5, 5.41) is 12.2. The molecule has 0 unspecified atom stereocenters. The smallest absolute Gasteiger partial charge is 0.152 e. The van der Waals surface area contributed by atoms with Crippen molar-refractivity contribution in [3.63, 3.8) is 0 Å². The lowest BCUT2D eigenvalue weighted by Crippen LogP contribution is -2.17. The summed E-state index contributed by atoms with van der Waals surface area (Å²) in [6.07, 6.45) is 3.53. The van der Waals surface area contributed by atoms with Crippen molar-refractivity contribution in [3.05, 3.63) is 41.5 Å². The van der Waals surface area contributed by atoms with Gasteiger partial charge in [-0.1, -0.05) is 39.0 Å². The van der Waals surface area contributed by atoms with Crippen molar-refractivity contribution in [2.24, 2.45) is 0 Å². The van der Waals surface area contributed by atoms with E-state index in [-0.39, 0.29) is 5.41 Å². The molecule has 0 amide bonds. The van der Waals surface area contributed by atoms with Gasteiger partial charge in [0.25, 0.3) is 0 Å². The van der Waals surface area contributed by atoms with Crippen LogP contribution in [0.1, 0.15) is 50.8 Å². The minimum absolute atomic E-state index is 0.133. The van der Waals surface area contributed by atoms with Crippen LogP contribution in [0.3, 0.4) is 0 Å². The molecule has 4 nitrogen and oxygen atoms in total. The Morgan fingerprint density at radius 1 is 1.14 bits per heavy atom. The van der Waals surface area contributed by atoms with Gasteiger partial charge in [-0.05, 0) is 29.9 Å². The van der Waals surface area contributed by atoms with E-state index in [4.69, 9.17) is 0 Å². The number of nitrogens with one attached hydrogen (secondary N) is 1. The molecule has 21 heavy (non-hydrogen) atoms. The second kappa shape index (κ2) is 5.51. The van der Waals surface area contributed by atoms with Gasteiger partial charge in [0.1, 0.15) is 5.82 Å². The summed E-state index contributed by atoms with van der Waals surface area (Å²) in [6.45, 7) is 8.52. The summed E-state index contributed by atoms with van der Waals surface area (Å²) >= 11 is 0. The fraction of sp³-hybridized carbons (Fsp3) is 0.529. The van der Waals surface area contributed by atoms with Crippen molar-refractivity contribution < 1.29 is 0 Å². The van der Waals surface area contributed by atoms with Crippen molar-refractivity contribution in [2.45, 2.75) is 58.5 Å². The number of fused-ring (bicyclic) bond motifs is 1. The molecular weight excluding hydrogens is 260 g/mol. The molecule has 112 valence electrons. The molecule has 1 aliphatic heterocycles. The lowest BCUT2D eigenvalue weighted by Gasteiger charge is -2.23. The zero-order chi connectivity index (χ0) is 14.9. The number of benzene rings is 1. The average Bonchev–Trinajstić information content (AvgIpc) is 2.88. The van der Waals surface area contributed by atoms with Gasteiger partial charge in [-0.2, -0.15) is 0 Å². The van der Waals surface area contributed by atoms with Gasteiger partial charge in [-0.3, -0.25) is 0 Å². The van der Waals surface area contributed by atoms with E-state index in [2.05, 4.69) is 65.1 Å². The highest BCUT2D eigenvalue weighted by Gasteiger charge is 2.19. The van der Waals surface area contributed by atoms with Crippen molar-refractivity contribution in [3.8, 4) is 0 Å². The maximum atomic E-state index is 4.36. The Balaban J connectivity index is 1.78. The van der Waals surface area contributed by atoms with E-state index in [1.807, 2.05) is 0 Å². The van der Waals surface area contributed by atoms with Gasteiger partial charge in [0.2, 0.25) is 0 Å². The molecule has 1 aromatic carbocycles. The normalized spacial score (nSPS) is 14.8. The van der Waals surface area contributed by atoms with Crippen molar-refractivity contribution in [1.82, 2.24) is 14.8 Å². The van der Waals surface area contributed by atoms with Gasteiger partial charge in [0.15, 0.2) is 5.82 Å². The largest absolute Gasteiger partial charge is 0.377 e. The highest BCUT2D eigenvalue weighted by Crippen LogP contribution is 2.29. The summed E-state index contributed by atoms with van der Waals surface area (Å²) in [5.74, 6) is 2.19.